The summed E-state index contributed by atoms with van der Waals surface area (Å²) < 4.78 is 1.99. The van der Waals surface area contributed by atoms with Crippen LogP contribution in [0.1, 0.15) is 0 Å². The van der Waals surface area contributed by atoms with Crippen LogP contribution < -0.4 is 4.90 Å². The maximum absolute atomic E-state index is 4.88. The van der Waals surface area contributed by atoms with E-state index in [1.54, 1.807) is 12.5 Å². The topological polar surface area (TPSA) is 78.8 Å². The number of likely N-dealkylation sites (N-methyl/N-ethyl adjacent to an activating group) is 1. The van der Waals surface area contributed by atoms with Gasteiger partial charge in [0.05, 0.1) is 23.6 Å². The lowest BCUT2D eigenvalue weighted by Gasteiger charge is -2.34. The zero-order valence-corrected chi connectivity index (χ0v) is 17.2. The Bertz CT molecular complexity index is 1380. The molecule has 1 saturated heterocycles. The maximum atomic E-state index is 4.88. The van der Waals surface area contributed by atoms with Crippen molar-refractivity contribution in [3.63, 3.8) is 0 Å². The van der Waals surface area contributed by atoms with E-state index in [1.165, 1.54) is 5.69 Å². The SMILES string of the molecule is CN1CCN(c2cccc(-c3ncc4ncn(-c5ccc6cn[nH]c6c5)c4n3)c2)CC1. The van der Waals surface area contributed by atoms with Gasteiger partial charge in [0.1, 0.15) is 11.8 Å². The minimum absolute atomic E-state index is 0.702. The first-order valence-corrected chi connectivity index (χ1v) is 10.4. The number of imidazole rings is 1. The molecule has 0 bridgehead atoms. The van der Waals surface area contributed by atoms with Crippen molar-refractivity contribution < 1.29 is 0 Å². The van der Waals surface area contributed by atoms with Gasteiger partial charge in [0.15, 0.2) is 11.5 Å². The summed E-state index contributed by atoms with van der Waals surface area (Å²) in [6, 6.07) is 14.6. The van der Waals surface area contributed by atoms with Gasteiger partial charge in [0.2, 0.25) is 0 Å². The molecule has 0 saturated carbocycles. The minimum Gasteiger partial charge on any atom is -0.369 e. The molecule has 8 nitrogen and oxygen atoms in total. The Morgan fingerprint density at radius 2 is 1.81 bits per heavy atom. The van der Waals surface area contributed by atoms with Crippen LogP contribution in [0.15, 0.2) is 61.2 Å². The molecule has 0 unspecified atom stereocenters. The van der Waals surface area contributed by atoms with Crippen molar-refractivity contribution in [2.75, 3.05) is 38.1 Å². The Balaban J connectivity index is 1.39. The van der Waals surface area contributed by atoms with Crippen LogP contribution in [0.4, 0.5) is 5.69 Å². The highest BCUT2D eigenvalue weighted by molar-refractivity contribution is 5.82. The number of aromatic nitrogens is 6. The highest BCUT2D eigenvalue weighted by Crippen LogP contribution is 2.26. The van der Waals surface area contributed by atoms with Crippen LogP contribution in [-0.4, -0.2) is 67.8 Å². The number of aromatic amines is 1. The van der Waals surface area contributed by atoms with Crippen molar-refractivity contribution in [2.24, 2.45) is 0 Å². The van der Waals surface area contributed by atoms with Gasteiger partial charge in [-0.15, -0.1) is 0 Å². The summed E-state index contributed by atoms with van der Waals surface area (Å²) in [4.78, 5) is 18.8. The number of hydrogen-bond donors (Lipinski definition) is 1. The Labute approximate surface area is 179 Å². The Hall–Kier alpha value is -3.78. The first kappa shape index (κ1) is 18.0. The third-order valence-corrected chi connectivity index (χ3v) is 5.97. The van der Waals surface area contributed by atoms with Crippen molar-refractivity contribution >= 4 is 27.8 Å². The predicted molar refractivity (Wildman–Crippen MR) is 121 cm³/mol. The molecule has 1 aliphatic heterocycles. The molecule has 1 aliphatic rings. The highest BCUT2D eigenvalue weighted by Gasteiger charge is 2.16. The van der Waals surface area contributed by atoms with Crippen molar-refractivity contribution in [1.29, 1.82) is 0 Å². The Morgan fingerprint density at radius 3 is 2.71 bits per heavy atom. The van der Waals surface area contributed by atoms with E-state index in [-0.39, 0.29) is 0 Å². The van der Waals surface area contributed by atoms with Gasteiger partial charge < -0.3 is 9.80 Å². The second-order valence-corrected chi connectivity index (χ2v) is 8.00. The summed E-state index contributed by atoms with van der Waals surface area (Å²) in [5, 5.41) is 8.21. The monoisotopic (exact) mass is 410 g/mol. The molecular formula is C23H22N8. The van der Waals surface area contributed by atoms with Crippen LogP contribution >= 0.6 is 0 Å². The highest BCUT2D eigenvalue weighted by atomic mass is 15.2. The van der Waals surface area contributed by atoms with E-state index in [1.807, 2.05) is 16.8 Å². The molecule has 6 rings (SSSR count). The van der Waals surface area contributed by atoms with Gasteiger partial charge >= 0.3 is 0 Å². The van der Waals surface area contributed by atoms with E-state index in [0.717, 1.165) is 59.5 Å². The molecule has 5 aromatic rings. The number of benzene rings is 2. The fourth-order valence-corrected chi connectivity index (χ4v) is 4.12. The second-order valence-electron chi connectivity index (χ2n) is 8.00. The lowest BCUT2D eigenvalue weighted by Crippen LogP contribution is -2.44. The van der Waals surface area contributed by atoms with Gasteiger partial charge in [0.25, 0.3) is 0 Å². The molecule has 4 heterocycles. The smallest absolute Gasteiger partial charge is 0.168 e. The van der Waals surface area contributed by atoms with Gasteiger partial charge in [-0.1, -0.05) is 12.1 Å². The normalized spacial score (nSPS) is 15.2. The van der Waals surface area contributed by atoms with Crippen LogP contribution in [0.25, 0.3) is 39.1 Å². The Morgan fingerprint density at radius 1 is 0.903 bits per heavy atom. The minimum atomic E-state index is 0.702. The maximum Gasteiger partial charge on any atom is 0.168 e. The third kappa shape index (κ3) is 3.21. The number of fused-ring (bicyclic) bond motifs is 2. The lowest BCUT2D eigenvalue weighted by molar-refractivity contribution is 0.313. The summed E-state index contributed by atoms with van der Waals surface area (Å²) in [6.07, 6.45) is 5.41. The van der Waals surface area contributed by atoms with Crippen LogP contribution in [0.5, 0.6) is 0 Å². The predicted octanol–water partition coefficient (Wildman–Crippen LogP) is 3.11. The molecule has 3 aromatic heterocycles. The van der Waals surface area contributed by atoms with E-state index in [0.29, 0.717) is 5.82 Å². The molecule has 31 heavy (non-hydrogen) atoms. The van der Waals surface area contributed by atoms with Gasteiger partial charge in [0, 0.05) is 42.8 Å². The van der Waals surface area contributed by atoms with E-state index in [2.05, 4.69) is 73.4 Å². The van der Waals surface area contributed by atoms with Crippen molar-refractivity contribution in [3.05, 3.63) is 61.2 Å². The summed E-state index contributed by atoms with van der Waals surface area (Å²) in [6.45, 7) is 4.21. The van der Waals surface area contributed by atoms with Gasteiger partial charge in [-0.25, -0.2) is 15.0 Å². The molecule has 1 fully saturated rings. The third-order valence-electron chi connectivity index (χ3n) is 5.97. The largest absolute Gasteiger partial charge is 0.369 e. The molecule has 0 aliphatic carbocycles. The molecular weight excluding hydrogens is 388 g/mol. The summed E-state index contributed by atoms with van der Waals surface area (Å²) >= 11 is 0. The van der Waals surface area contributed by atoms with E-state index >= 15 is 0 Å². The average Bonchev–Trinajstić information content (AvgIpc) is 3.45. The van der Waals surface area contributed by atoms with Crippen molar-refractivity contribution in [1.82, 2.24) is 34.6 Å². The fourth-order valence-electron chi connectivity index (χ4n) is 4.12. The summed E-state index contributed by atoms with van der Waals surface area (Å²) in [7, 11) is 2.17. The van der Waals surface area contributed by atoms with Crippen LogP contribution in [0.2, 0.25) is 0 Å². The number of H-pyrrole nitrogens is 1. The number of nitrogens with one attached hydrogen (secondary N) is 1. The van der Waals surface area contributed by atoms with E-state index in [4.69, 9.17) is 4.98 Å². The second kappa shape index (κ2) is 7.17. The number of hydrogen-bond acceptors (Lipinski definition) is 6. The first-order valence-electron chi connectivity index (χ1n) is 10.4. The molecule has 0 spiro atoms. The Kier molecular flexibility index (Phi) is 4.17. The molecule has 1 N–H and O–H groups in total. The molecule has 0 radical (unpaired) electrons. The van der Waals surface area contributed by atoms with Crippen LogP contribution in [0.3, 0.4) is 0 Å². The summed E-state index contributed by atoms with van der Waals surface area (Å²) in [5.41, 5.74) is 5.74. The molecule has 8 heteroatoms. The van der Waals surface area contributed by atoms with Gasteiger partial charge in [-0.3, -0.25) is 9.67 Å². The van der Waals surface area contributed by atoms with Gasteiger partial charge in [-0.05, 0) is 37.4 Å². The van der Waals surface area contributed by atoms with Crippen LogP contribution in [0, 0.1) is 0 Å². The first-order chi connectivity index (χ1) is 15.2. The van der Waals surface area contributed by atoms with Crippen LogP contribution in [-0.2, 0) is 0 Å². The molecule has 2 aromatic carbocycles. The molecule has 0 amide bonds. The quantitative estimate of drug-likeness (QED) is 0.492. The van der Waals surface area contributed by atoms with E-state index in [9.17, 15) is 0 Å². The van der Waals surface area contributed by atoms with Crippen molar-refractivity contribution in [2.45, 2.75) is 0 Å². The number of nitrogens with zero attached hydrogens (tertiary/aromatic N) is 7. The standard InChI is InChI=1S/C23H22N8/c1-29-7-9-30(10-8-29)18-4-2-3-16(11-18)22-24-14-21-23(27-22)31(15-25-21)19-6-5-17-13-26-28-20(17)12-19/h2-6,11-15H,7-10H2,1H3,(H,26,28). The zero-order chi connectivity index (χ0) is 20.8. The average molecular weight is 410 g/mol. The fraction of sp³-hybridized carbons (Fsp3) is 0.217. The zero-order valence-electron chi connectivity index (χ0n) is 17.2. The van der Waals surface area contributed by atoms with E-state index < -0.39 is 0 Å². The molecule has 154 valence electrons. The summed E-state index contributed by atoms with van der Waals surface area (Å²) in [5.74, 6) is 0.702. The number of piperazine rings is 1. The lowest BCUT2D eigenvalue weighted by atomic mass is 10.1. The number of rotatable bonds is 3. The van der Waals surface area contributed by atoms with Gasteiger partial charge in [-0.2, -0.15) is 5.10 Å². The molecule has 0 atom stereocenters. The number of anilines is 1. The van der Waals surface area contributed by atoms with Crippen molar-refractivity contribution in [3.8, 4) is 17.1 Å².